The topological polar surface area (TPSA) is 93.1 Å². The fraction of sp³-hybridized carbons (Fsp3) is 0.822. The summed E-state index contributed by atoms with van der Waals surface area (Å²) in [6.45, 7) is 20.7. The van der Waals surface area contributed by atoms with E-state index in [0.717, 1.165) is 62.7 Å². The fourth-order valence-corrected chi connectivity index (χ4v) is 11.2. The number of phenols is 1. The first kappa shape index (κ1) is 40.1. The van der Waals surface area contributed by atoms with Crippen LogP contribution in [0.1, 0.15) is 177 Å². The van der Waals surface area contributed by atoms with Crippen molar-refractivity contribution in [1.82, 2.24) is 0 Å². The molecule has 0 amide bonds. The van der Waals surface area contributed by atoms with Gasteiger partial charge in [0.15, 0.2) is 0 Å². The molecule has 0 aliphatic heterocycles. The number of carbonyl (C=O) groups excluding carboxylic acids is 2. The van der Waals surface area contributed by atoms with Crippen LogP contribution < -0.4 is 0 Å². The summed E-state index contributed by atoms with van der Waals surface area (Å²) < 4.78 is 12.1. The Morgan fingerprint density at radius 2 is 1.18 bits per heavy atom. The van der Waals surface area contributed by atoms with Gasteiger partial charge in [0, 0.05) is 11.8 Å². The molecule has 0 heterocycles. The van der Waals surface area contributed by atoms with E-state index in [-0.39, 0.29) is 34.0 Å². The number of phenolic OH excluding ortho intramolecular Hbond substituents is 1. The molecule has 8 aliphatic rings. The number of esters is 2. The predicted molar refractivity (Wildman–Crippen MR) is 204 cm³/mol. The number of hydrogen-bond donors (Lipinski definition) is 2. The van der Waals surface area contributed by atoms with E-state index in [2.05, 4.69) is 34.6 Å². The molecular formula is C45H72O6. The number of benzene rings is 1. The number of ether oxygens (including phenoxy) is 2. The zero-order valence-corrected chi connectivity index (χ0v) is 33.9. The van der Waals surface area contributed by atoms with Crippen LogP contribution in [-0.2, 0) is 19.1 Å². The molecule has 51 heavy (non-hydrogen) atoms. The van der Waals surface area contributed by atoms with Crippen molar-refractivity contribution in [3.05, 3.63) is 29.8 Å². The van der Waals surface area contributed by atoms with Gasteiger partial charge in [-0.25, -0.2) is 0 Å². The second-order valence-electron chi connectivity index (χ2n) is 20.2. The van der Waals surface area contributed by atoms with Gasteiger partial charge in [-0.05, 0) is 185 Å². The van der Waals surface area contributed by atoms with Gasteiger partial charge in [0.25, 0.3) is 0 Å². The van der Waals surface area contributed by atoms with Crippen LogP contribution in [0, 0.1) is 45.8 Å². The first-order chi connectivity index (χ1) is 23.7. The van der Waals surface area contributed by atoms with E-state index in [1.807, 2.05) is 46.8 Å². The van der Waals surface area contributed by atoms with Crippen LogP contribution in [0.4, 0.5) is 0 Å². The van der Waals surface area contributed by atoms with Gasteiger partial charge in [0.1, 0.15) is 17.0 Å². The van der Waals surface area contributed by atoms with Crippen LogP contribution in [-0.4, -0.2) is 39.0 Å². The molecule has 6 nitrogen and oxygen atoms in total. The van der Waals surface area contributed by atoms with Crippen molar-refractivity contribution in [2.24, 2.45) is 45.8 Å². The lowest BCUT2D eigenvalue weighted by Crippen LogP contribution is -2.61. The Kier molecular flexibility index (Phi) is 11.5. The number of rotatable bonds is 9. The minimum Gasteiger partial charge on any atom is -0.508 e. The number of aromatic hydroxyl groups is 1. The molecule has 1 aromatic carbocycles. The van der Waals surface area contributed by atoms with E-state index in [0.29, 0.717) is 29.9 Å². The van der Waals surface area contributed by atoms with Crippen molar-refractivity contribution in [3.63, 3.8) is 0 Å². The van der Waals surface area contributed by atoms with E-state index in [9.17, 15) is 14.7 Å². The third kappa shape index (κ3) is 8.68. The Morgan fingerprint density at radius 3 is 1.61 bits per heavy atom. The highest BCUT2D eigenvalue weighted by atomic mass is 16.6. The fourth-order valence-electron chi connectivity index (χ4n) is 11.2. The van der Waals surface area contributed by atoms with Crippen molar-refractivity contribution < 1.29 is 29.3 Å². The molecule has 3 atom stereocenters. The molecular weight excluding hydrogens is 636 g/mol. The largest absolute Gasteiger partial charge is 0.508 e. The molecule has 1 aromatic rings. The second-order valence-corrected chi connectivity index (χ2v) is 20.2. The molecule has 8 saturated carbocycles. The van der Waals surface area contributed by atoms with E-state index in [1.165, 1.54) is 50.5 Å². The number of carbonyl (C=O) groups is 2. The Hall–Kier alpha value is -2.08. The summed E-state index contributed by atoms with van der Waals surface area (Å²) in [7, 11) is 0. The van der Waals surface area contributed by atoms with E-state index in [4.69, 9.17) is 14.6 Å². The van der Waals surface area contributed by atoms with Crippen LogP contribution >= 0.6 is 0 Å². The van der Waals surface area contributed by atoms with Gasteiger partial charge >= 0.3 is 11.9 Å². The first-order valence-corrected chi connectivity index (χ1v) is 20.7. The molecule has 0 spiro atoms. The molecule has 9 rings (SSSR count). The average molecular weight is 709 g/mol. The third-order valence-corrected chi connectivity index (χ3v) is 14.9. The van der Waals surface area contributed by atoms with Crippen molar-refractivity contribution in [2.75, 3.05) is 0 Å². The smallest absolute Gasteiger partial charge is 0.312 e. The summed E-state index contributed by atoms with van der Waals surface area (Å²) in [6, 6.07) is 7.43. The molecule has 0 saturated heterocycles. The van der Waals surface area contributed by atoms with E-state index >= 15 is 0 Å². The molecule has 288 valence electrons. The highest BCUT2D eigenvalue weighted by molar-refractivity contribution is 5.76. The molecule has 0 aromatic heterocycles. The molecule has 0 radical (unpaired) electrons. The van der Waals surface area contributed by atoms with Crippen LogP contribution in [0.2, 0.25) is 0 Å². The zero-order valence-electron chi connectivity index (χ0n) is 33.9. The molecule has 8 bridgehead atoms. The van der Waals surface area contributed by atoms with Gasteiger partial charge in [0.2, 0.25) is 0 Å². The van der Waals surface area contributed by atoms with E-state index < -0.39 is 11.0 Å². The van der Waals surface area contributed by atoms with Gasteiger partial charge < -0.3 is 19.7 Å². The Labute approximate surface area is 310 Å². The molecule has 2 N–H and O–H groups in total. The van der Waals surface area contributed by atoms with Gasteiger partial charge in [-0.15, -0.1) is 0 Å². The van der Waals surface area contributed by atoms with Gasteiger partial charge in [-0.1, -0.05) is 39.8 Å². The normalized spacial score (nSPS) is 35.2. The Balaban J connectivity index is 0.000000156. The number of aliphatic hydroxyl groups is 1. The van der Waals surface area contributed by atoms with Crippen LogP contribution in [0.25, 0.3) is 0 Å². The monoisotopic (exact) mass is 709 g/mol. The summed E-state index contributed by atoms with van der Waals surface area (Å²) in [5, 5.41) is 19.7. The summed E-state index contributed by atoms with van der Waals surface area (Å²) in [4.78, 5) is 25.0. The quantitative estimate of drug-likeness (QED) is 0.248. The molecule has 3 unspecified atom stereocenters. The molecule has 6 heteroatoms. The SMILES string of the molecule is CCC(C)(C)C(=O)OC(C)(C)C12CC3CC(CC(C3)C1)C2.CCC(C)(C)C(=O)OC12CC3CC(CC(O)(C3)C1)C2.CCC(C)c1ccc(O)cc1. The lowest BCUT2D eigenvalue weighted by atomic mass is 9.46. The lowest BCUT2D eigenvalue weighted by Gasteiger charge is -2.61. The summed E-state index contributed by atoms with van der Waals surface area (Å²) >= 11 is 0. The van der Waals surface area contributed by atoms with Crippen molar-refractivity contribution in [2.45, 2.75) is 188 Å². The minimum atomic E-state index is -0.555. The standard InChI is InChI=1S/C19H32O2.C16H26O3.C10H14O/c1-6-17(2,3)16(20)21-18(4,5)19-10-13-7-14(11-19)9-15(8-13)12-19;1-4-14(2,3)13(17)19-16-8-11-5-12(9-16)7-15(18,6-11)10-16;1-3-8(2)9-4-6-10(11)7-5-9/h13-15H,6-12H2,1-5H3;11-12,18H,4-10H2,1-3H3;4-8,11H,3H2,1-2H3. The summed E-state index contributed by atoms with van der Waals surface area (Å²) in [5.74, 6) is 4.65. The summed E-state index contributed by atoms with van der Waals surface area (Å²) in [5.41, 5.74) is -0.451. The highest BCUT2D eigenvalue weighted by Crippen LogP contribution is 2.64. The van der Waals surface area contributed by atoms with Crippen LogP contribution in [0.3, 0.4) is 0 Å². The Morgan fingerprint density at radius 1 is 0.725 bits per heavy atom. The third-order valence-electron chi connectivity index (χ3n) is 14.9. The summed E-state index contributed by atoms with van der Waals surface area (Å²) in [6.07, 6.45) is 16.6. The maximum absolute atomic E-state index is 12.6. The maximum Gasteiger partial charge on any atom is 0.312 e. The van der Waals surface area contributed by atoms with Gasteiger partial charge in [0.05, 0.1) is 16.4 Å². The lowest BCUT2D eigenvalue weighted by molar-refractivity contribution is -0.225. The van der Waals surface area contributed by atoms with E-state index in [1.54, 1.807) is 12.1 Å². The number of hydrogen-bond acceptors (Lipinski definition) is 6. The molecule has 8 fully saturated rings. The second kappa shape index (κ2) is 14.6. The zero-order chi connectivity index (χ0) is 37.6. The van der Waals surface area contributed by atoms with Crippen LogP contribution in [0.15, 0.2) is 24.3 Å². The van der Waals surface area contributed by atoms with Gasteiger partial charge in [-0.3, -0.25) is 9.59 Å². The highest BCUT2D eigenvalue weighted by Gasteiger charge is 2.60. The Bertz CT molecular complexity index is 1320. The average Bonchev–Trinajstić information content (AvgIpc) is 3.03. The maximum atomic E-state index is 12.6. The predicted octanol–water partition coefficient (Wildman–Crippen LogP) is 10.9. The minimum absolute atomic E-state index is 0.00857. The van der Waals surface area contributed by atoms with Crippen molar-refractivity contribution in [1.29, 1.82) is 0 Å². The molecule has 8 aliphatic carbocycles. The van der Waals surface area contributed by atoms with Crippen LogP contribution in [0.5, 0.6) is 5.75 Å². The van der Waals surface area contributed by atoms with Gasteiger partial charge in [-0.2, -0.15) is 0 Å². The first-order valence-electron chi connectivity index (χ1n) is 20.7. The van der Waals surface area contributed by atoms with Crippen molar-refractivity contribution >= 4 is 11.9 Å². The van der Waals surface area contributed by atoms with Crippen molar-refractivity contribution in [3.8, 4) is 5.75 Å².